The van der Waals surface area contributed by atoms with Crippen molar-refractivity contribution < 1.29 is 28.8 Å². The van der Waals surface area contributed by atoms with E-state index in [-0.39, 0.29) is 0 Å². The zero-order valence-electron chi connectivity index (χ0n) is 8.10. The third kappa shape index (κ3) is 7.04. The fourth-order valence-electron chi connectivity index (χ4n) is 0.502. The summed E-state index contributed by atoms with van der Waals surface area (Å²) in [7, 11) is 0. The van der Waals surface area contributed by atoms with E-state index in [0.717, 1.165) is 13.8 Å². The Bertz CT molecular complexity index is 222. The number of carbonyl (C=O) groups excluding carboxylic acids is 3. The SMILES string of the molecule is CC(=O)OCN(OC(C)=O)OC(C)=O. The van der Waals surface area contributed by atoms with Gasteiger partial charge in [0.25, 0.3) is 0 Å². The molecule has 0 N–H and O–H groups in total. The van der Waals surface area contributed by atoms with Gasteiger partial charge in [0.2, 0.25) is 6.73 Å². The van der Waals surface area contributed by atoms with E-state index in [1.54, 1.807) is 0 Å². The van der Waals surface area contributed by atoms with Crippen LogP contribution in [0, 0.1) is 0 Å². The quantitative estimate of drug-likeness (QED) is 0.356. The molecule has 7 heteroatoms. The van der Waals surface area contributed by atoms with E-state index in [0.29, 0.717) is 5.23 Å². The maximum Gasteiger partial charge on any atom is 0.326 e. The van der Waals surface area contributed by atoms with Gasteiger partial charge in [0.15, 0.2) is 0 Å². The van der Waals surface area contributed by atoms with E-state index in [4.69, 9.17) is 0 Å². The van der Waals surface area contributed by atoms with Gasteiger partial charge < -0.3 is 14.4 Å². The molecule has 0 saturated carbocycles. The second-order valence-electron chi connectivity index (χ2n) is 2.26. The van der Waals surface area contributed by atoms with E-state index in [9.17, 15) is 14.4 Å². The summed E-state index contributed by atoms with van der Waals surface area (Å²) in [5.41, 5.74) is 0. The summed E-state index contributed by atoms with van der Waals surface area (Å²) < 4.78 is 4.44. The lowest BCUT2D eigenvalue weighted by molar-refractivity contribution is -0.346. The number of carbonyl (C=O) groups is 3. The molecule has 0 fully saturated rings. The normalized spacial score (nSPS) is 9.43. The van der Waals surface area contributed by atoms with Gasteiger partial charge in [-0.25, -0.2) is 0 Å². The zero-order valence-corrected chi connectivity index (χ0v) is 8.10. The van der Waals surface area contributed by atoms with E-state index in [1.165, 1.54) is 6.92 Å². The van der Waals surface area contributed by atoms with Crippen LogP contribution < -0.4 is 0 Å². The molecule has 7 nitrogen and oxygen atoms in total. The van der Waals surface area contributed by atoms with Crippen LogP contribution in [-0.4, -0.2) is 29.9 Å². The number of esters is 1. The van der Waals surface area contributed by atoms with Crippen molar-refractivity contribution in [3.05, 3.63) is 0 Å². The van der Waals surface area contributed by atoms with Crippen molar-refractivity contribution in [1.29, 1.82) is 0 Å². The van der Waals surface area contributed by atoms with Crippen molar-refractivity contribution in [1.82, 2.24) is 5.23 Å². The number of nitrogens with zero attached hydrogens (tertiary/aromatic N) is 1. The maximum atomic E-state index is 10.5. The molecule has 0 spiro atoms. The van der Waals surface area contributed by atoms with Crippen molar-refractivity contribution in [2.75, 3.05) is 6.73 Å². The fraction of sp³-hybridized carbons (Fsp3) is 0.571. The first-order valence-electron chi connectivity index (χ1n) is 3.69. The highest BCUT2D eigenvalue weighted by Crippen LogP contribution is 1.95. The molecule has 0 atom stereocenters. The molecule has 0 bridgehead atoms. The van der Waals surface area contributed by atoms with Crippen LogP contribution in [0.3, 0.4) is 0 Å². The van der Waals surface area contributed by atoms with Crippen LogP contribution in [0.4, 0.5) is 0 Å². The van der Waals surface area contributed by atoms with Gasteiger partial charge in [-0.3, -0.25) is 14.4 Å². The predicted molar refractivity (Wildman–Crippen MR) is 42.0 cm³/mol. The van der Waals surface area contributed by atoms with Gasteiger partial charge in [-0.1, -0.05) is 0 Å². The molecular weight excluding hydrogens is 194 g/mol. The summed E-state index contributed by atoms with van der Waals surface area (Å²) >= 11 is 0. The minimum Gasteiger partial charge on any atom is -0.443 e. The first-order chi connectivity index (χ1) is 6.41. The lowest BCUT2D eigenvalue weighted by Gasteiger charge is -2.16. The second-order valence-corrected chi connectivity index (χ2v) is 2.26. The monoisotopic (exact) mass is 205 g/mol. The summed E-state index contributed by atoms with van der Waals surface area (Å²) in [5, 5.41) is 0.478. The molecule has 0 aliphatic heterocycles. The maximum absolute atomic E-state index is 10.5. The van der Waals surface area contributed by atoms with Crippen molar-refractivity contribution in [3.63, 3.8) is 0 Å². The second kappa shape index (κ2) is 5.92. The Kier molecular flexibility index (Phi) is 5.23. The van der Waals surface area contributed by atoms with Crippen LogP contribution in [0.15, 0.2) is 0 Å². The molecule has 0 amide bonds. The standard InChI is InChI=1S/C7H11NO6/c1-5(9)12-4-8(13-6(2)10)14-7(3)11/h4H2,1-3H3. The fourth-order valence-corrected chi connectivity index (χ4v) is 0.502. The first kappa shape index (κ1) is 12.4. The van der Waals surface area contributed by atoms with Crippen LogP contribution in [0.2, 0.25) is 0 Å². The number of rotatable bonds is 4. The van der Waals surface area contributed by atoms with Crippen LogP contribution in [0.5, 0.6) is 0 Å². The topological polar surface area (TPSA) is 82.1 Å². The Balaban J connectivity index is 4.03. The molecule has 14 heavy (non-hydrogen) atoms. The van der Waals surface area contributed by atoms with Crippen molar-refractivity contribution in [2.45, 2.75) is 20.8 Å². The molecular formula is C7H11NO6. The molecule has 0 rings (SSSR count). The molecule has 0 unspecified atom stereocenters. The van der Waals surface area contributed by atoms with Crippen molar-refractivity contribution >= 4 is 17.9 Å². The summed E-state index contributed by atoms with van der Waals surface area (Å²) in [5.74, 6) is -1.98. The number of hydroxylamine groups is 2. The van der Waals surface area contributed by atoms with Gasteiger partial charge in [-0.15, -0.1) is 0 Å². The first-order valence-corrected chi connectivity index (χ1v) is 3.69. The van der Waals surface area contributed by atoms with Gasteiger partial charge in [-0.2, -0.15) is 0 Å². The molecule has 0 heterocycles. The number of hydrogen-bond donors (Lipinski definition) is 0. The lowest BCUT2D eigenvalue weighted by atomic mass is 10.8. The van der Waals surface area contributed by atoms with Gasteiger partial charge >= 0.3 is 17.9 Å². The number of ether oxygens (including phenoxy) is 1. The Hall–Kier alpha value is -1.63. The molecule has 0 aliphatic rings. The summed E-state index contributed by atoms with van der Waals surface area (Å²) in [6.07, 6.45) is 0. The molecule has 0 saturated heterocycles. The van der Waals surface area contributed by atoms with Crippen molar-refractivity contribution in [2.24, 2.45) is 0 Å². The molecule has 0 aromatic carbocycles. The van der Waals surface area contributed by atoms with E-state index >= 15 is 0 Å². The number of hydrogen-bond acceptors (Lipinski definition) is 7. The van der Waals surface area contributed by atoms with Crippen LogP contribution in [0.1, 0.15) is 20.8 Å². The Morgan fingerprint density at radius 2 is 1.36 bits per heavy atom. The van der Waals surface area contributed by atoms with Gasteiger partial charge in [0.1, 0.15) is 0 Å². The summed E-state index contributed by atoms with van der Waals surface area (Å²) in [4.78, 5) is 40.1. The van der Waals surface area contributed by atoms with E-state index in [1.807, 2.05) is 0 Å². The highest BCUT2D eigenvalue weighted by molar-refractivity contribution is 5.67. The van der Waals surface area contributed by atoms with Gasteiger partial charge in [0, 0.05) is 20.8 Å². The smallest absolute Gasteiger partial charge is 0.326 e. The van der Waals surface area contributed by atoms with Crippen LogP contribution in [-0.2, 0) is 28.8 Å². The van der Waals surface area contributed by atoms with Crippen LogP contribution in [0.25, 0.3) is 0 Å². The molecule has 80 valence electrons. The molecule has 0 aliphatic carbocycles. The van der Waals surface area contributed by atoms with Crippen LogP contribution >= 0.6 is 0 Å². The average molecular weight is 205 g/mol. The van der Waals surface area contributed by atoms with E-state index < -0.39 is 24.6 Å². The van der Waals surface area contributed by atoms with Gasteiger partial charge in [0.05, 0.1) is 5.23 Å². The lowest BCUT2D eigenvalue weighted by Crippen LogP contribution is -2.31. The Morgan fingerprint density at radius 3 is 1.64 bits per heavy atom. The zero-order chi connectivity index (χ0) is 11.1. The summed E-state index contributed by atoms with van der Waals surface area (Å²) in [6.45, 7) is 2.93. The van der Waals surface area contributed by atoms with Gasteiger partial charge in [-0.05, 0) is 0 Å². The average Bonchev–Trinajstić information content (AvgIpc) is 1.97. The molecule has 0 radical (unpaired) electrons. The Labute approximate surface area is 80.4 Å². The third-order valence-electron chi connectivity index (χ3n) is 0.834. The highest BCUT2D eigenvalue weighted by atomic mass is 17.0. The van der Waals surface area contributed by atoms with E-state index in [2.05, 4.69) is 14.4 Å². The predicted octanol–water partition coefficient (Wildman–Crippen LogP) is -0.235. The minimum atomic E-state index is -0.696. The van der Waals surface area contributed by atoms with Crippen molar-refractivity contribution in [3.8, 4) is 0 Å². The molecule has 0 aromatic heterocycles. The highest BCUT2D eigenvalue weighted by Gasteiger charge is 2.13. The Morgan fingerprint density at radius 1 is 0.929 bits per heavy atom. The largest absolute Gasteiger partial charge is 0.443 e. The summed E-state index contributed by atoms with van der Waals surface area (Å²) in [6, 6.07) is 0. The minimum absolute atomic E-state index is 0.464. The third-order valence-corrected chi connectivity index (χ3v) is 0.834. The molecule has 0 aromatic rings.